The van der Waals surface area contributed by atoms with Crippen LogP contribution in [0.15, 0.2) is 42.5 Å². The Morgan fingerprint density at radius 3 is 2.60 bits per heavy atom. The third-order valence-electron chi connectivity index (χ3n) is 5.26. The number of amides is 1. The third-order valence-corrected chi connectivity index (χ3v) is 7.21. The molecule has 0 aliphatic carbocycles. The van der Waals surface area contributed by atoms with Crippen LogP contribution >= 0.6 is 34.5 Å². The van der Waals surface area contributed by atoms with Crippen LogP contribution in [-0.2, 0) is 4.74 Å². The molecule has 0 radical (unpaired) electrons. The van der Waals surface area contributed by atoms with Crippen molar-refractivity contribution >= 4 is 50.5 Å². The summed E-state index contributed by atoms with van der Waals surface area (Å²) >= 11 is 14.1. The van der Waals surface area contributed by atoms with Crippen molar-refractivity contribution in [1.82, 2.24) is 10.2 Å². The van der Waals surface area contributed by atoms with E-state index in [0.29, 0.717) is 34.7 Å². The summed E-state index contributed by atoms with van der Waals surface area (Å²) < 4.78 is 11.7. The van der Waals surface area contributed by atoms with E-state index in [0.717, 1.165) is 34.5 Å². The summed E-state index contributed by atoms with van der Waals surface area (Å²) in [7, 11) is 1.65. The van der Waals surface area contributed by atoms with Gasteiger partial charge in [0.2, 0.25) is 0 Å². The first-order chi connectivity index (χ1) is 14.6. The van der Waals surface area contributed by atoms with Crippen LogP contribution in [0.2, 0.25) is 10.0 Å². The number of nitrogens with one attached hydrogen (secondary N) is 1. The molecule has 1 fully saturated rings. The van der Waals surface area contributed by atoms with Gasteiger partial charge in [-0.05, 0) is 29.8 Å². The molecule has 1 aliphatic rings. The quantitative estimate of drug-likeness (QED) is 0.556. The van der Waals surface area contributed by atoms with Gasteiger partial charge in [-0.25, -0.2) is 0 Å². The Hall–Kier alpha value is -1.83. The monoisotopic (exact) mass is 464 g/mol. The van der Waals surface area contributed by atoms with Crippen molar-refractivity contribution < 1.29 is 14.3 Å². The number of hydrogen-bond donors (Lipinski definition) is 1. The van der Waals surface area contributed by atoms with Crippen LogP contribution in [0.4, 0.5) is 0 Å². The van der Waals surface area contributed by atoms with Crippen LogP contribution in [-0.4, -0.2) is 50.8 Å². The number of morpholine rings is 1. The van der Waals surface area contributed by atoms with Gasteiger partial charge >= 0.3 is 0 Å². The second-order valence-corrected chi connectivity index (χ2v) is 8.84. The second-order valence-electron chi connectivity index (χ2n) is 7.01. The molecule has 1 saturated heterocycles. The number of rotatable bonds is 6. The minimum absolute atomic E-state index is 0.0282. The molecule has 4 rings (SSSR count). The van der Waals surface area contributed by atoms with E-state index >= 15 is 0 Å². The van der Waals surface area contributed by atoms with Gasteiger partial charge in [0.1, 0.15) is 10.6 Å². The highest BCUT2D eigenvalue weighted by molar-refractivity contribution is 7.21. The maximum Gasteiger partial charge on any atom is 0.262 e. The van der Waals surface area contributed by atoms with E-state index in [-0.39, 0.29) is 11.9 Å². The van der Waals surface area contributed by atoms with Gasteiger partial charge in [-0.3, -0.25) is 9.69 Å². The Labute approximate surface area is 189 Å². The Morgan fingerprint density at radius 2 is 1.93 bits per heavy atom. The summed E-state index contributed by atoms with van der Waals surface area (Å²) in [4.78, 5) is 15.8. The molecule has 8 heteroatoms. The summed E-state index contributed by atoms with van der Waals surface area (Å²) in [5.74, 6) is 0.612. The standard InChI is InChI=1S/C22H22Cl2N2O3S/c1-28-15-7-5-14(6-8-15)17(26-9-11-29-12-10-26)13-25-22(27)21-20(24)19-16(23)3-2-4-18(19)30-21/h2-8,17H,9-13H2,1H3,(H,25,27)/t17-/m1/s1. The summed E-state index contributed by atoms with van der Waals surface area (Å²) in [6.45, 7) is 3.45. The molecule has 30 heavy (non-hydrogen) atoms. The van der Waals surface area contributed by atoms with E-state index in [1.54, 1.807) is 13.2 Å². The topological polar surface area (TPSA) is 50.8 Å². The number of carbonyl (C=O) groups is 1. The maximum absolute atomic E-state index is 13.0. The highest BCUT2D eigenvalue weighted by Crippen LogP contribution is 2.39. The Kier molecular flexibility index (Phi) is 6.80. The smallest absolute Gasteiger partial charge is 0.262 e. The van der Waals surface area contributed by atoms with Crippen molar-refractivity contribution in [3.05, 3.63) is 63.0 Å². The summed E-state index contributed by atoms with van der Waals surface area (Å²) in [5.41, 5.74) is 1.11. The lowest BCUT2D eigenvalue weighted by Gasteiger charge is -2.35. The van der Waals surface area contributed by atoms with E-state index < -0.39 is 0 Å². The molecule has 2 heterocycles. The summed E-state index contributed by atoms with van der Waals surface area (Å²) in [6, 6.07) is 13.5. The number of hydrogen-bond acceptors (Lipinski definition) is 5. The molecule has 0 bridgehead atoms. The zero-order valence-electron chi connectivity index (χ0n) is 16.5. The van der Waals surface area contributed by atoms with Crippen molar-refractivity contribution in [3.63, 3.8) is 0 Å². The van der Waals surface area contributed by atoms with Gasteiger partial charge in [0.05, 0.1) is 36.4 Å². The van der Waals surface area contributed by atoms with Gasteiger partial charge in [-0.2, -0.15) is 0 Å². The van der Waals surface area contributed by atoms with Crippen LogP contribution in [0, 0.1) is 0 Å². The number of ether oxygens (including phenoxy) is 2. The Balaban J connectivity index is 1.55. The molecule has 0 spiro atoms. The first-order valence-corrected chi connectivity index (χ1v) is 11.3. The van der Waals surface area contributed by atoms with Crippen LogP contribution in [0.3, 0.4) is 0 Å². The Bertz CT molecular complexity index is 1030. The van der Waals surface area contributed by atoms with Crippen LogP contribution in [0.5, 0.6) is 5.75 Å². The molecular formula is C22H22Cl2N2O3S. The lowest BCUT2D eigenvalue weighted by Crippen LogP contribution is -2.43. The molecule has 1 atom stereocenters. The second kappa shape index (κ2) is 9.54. The first kappa shape index (κ1) is 21.4. The molecule has 0 saturated carbocycles. The molecule has 1 N–H and O–H groups in total. The molecule has 5 nitrogen and oxygen atoms in total. The van der Waals surface area contributed by atoms with Gasteiger partial charge in [-0.1, -0.05) is 41.4 Å². The van der Waals surface area contributed by atoms with E-state index in [9.17, 15) is 4.79 Å². The van der Waals surface area contributed by atoms with Gasteiger partial charge in [-0.15, -0.1) is 11.3 Å². The van der Waals surface area contributed by atoms with Crippen molar-refractivity contribution in [3.8, 4) is 5.75 Å². The fraction of sp³-hybridized carbons (Fsp3) is 0.318. The van der Waals surface area contributed by atoms with E-state index in [2.05, 4.69) is 10.2 Å². The van der Waals surface area contributed by atoms with Crippen molar-refractivity contribution in [2.75, 3.05) is 40.0 Å². The van der Waals surface area contributed by atoms with Gasteiger partial charge < -0.3 is 14.8 Å². The number of fused-ring (bicyclic) bond motifs is 1. The van der Waals surface area contributed by atoms with Gasteiger partial charge in [0.25, 0.3) is 5.91 Å². The van der Waals surface area contributed by atoms with Crippen molar-refractivity contribution in [1.29, 1.82) is 0 Å². The lowest BCUT2D eigenvalue weighted by molar-refractivity contribution is 0.0162. The predicted octanol–water partition coefficient (Wildman–Crippen LogP) is 5.02. The van der Waals surface area contributed by atoms with E-state index in [4.69, 9.17) is 32.7 Å². The Morgan fingerprint density at radius 1 is 1.20 bits per heavy atom. The average Bonchev–Trinajstić information content (AvgIpc) is 3.13. The minimum Gasteiger partial charge on any atom is -0.497 e. The molecule has 1 amide bonds. The molecular weight excluding hydrogens is 443 g/mol. The summed E-state index contributed by atoms with van der Waals surface area (Å²) in [5, 5.41) is 4.77. The van der Waals surface area contributed by atoms with Crippen molar-refractivity contribution in [2.24, 2.45) is 0 Å². The van der Waals surface area contributed by atoms with E-state index in [1.807, 2.05) is 36.4 Å². The molecule has 2 aromatic carbocycles. The molecule has 158 valence electrons. The number of nitrogens with zero attached hydrogens (tertiary/aromatic N) is 1. The number of methoxy groups -OCH3 is 1. The highest BCUT2D eigenvalue weighted by atomic mass is 35.5. The highest BCUT2D eigenvalue weighted by Gasteiger charge is 2.25. The molecule has 1 aliphatic heterocycles. The van der Waals surface area contributed by atoms with Crippen LogP contribution in [0.25, 0.3) is 10.1 Å². The third kappa shape index (κ3) is 4.43. The van der Waals surface area contributed by atoms with Gasteiger partial charge in [0.15, 0.2) is 0 Å². The number of thiophene rings is 1. The average molecular weight is 465 g/mol. The zero-order valence-corrected chi connectivity index (χ0v) is 18.8. The largest absolute Gasteiger partial charge is 0.497 e. The van der Waals surface area contributed by atoms with Crippen LogP contribution < -0.4 is 10.1 Å². The number of benzene rings is 2. The number of halogens is 2. The predicted molar refractivity (Wildman–Crippen MR) is 122 cm³/mol. The van der Waals surface area contributed by atoms with E-state index in [1.165, 1.54) is 11.3 Å². The van der Waals surface area contributed by atoms with Crippen molar-refractivity contribution in [2.45, 2.75) is 6.04 Å². The normalized spacial score (nSPS) is 15.8. The lowest BCUT2D eigenvalue weighted by atomic mass is 10.0. The first-order valence-electron chi connectivity index (χ1n) is 9.69. The van der Waals surface area contributed by atoms with Gasteiger partial charge in [0, 0.05) is 29.7 Å². The summed E-state index contributed by atoms with van der Waals surface area (Å²) in [6.07, 6.45) is 0. The minimum atomic E-state index is -0.191. The fourth-order valence-corrected chi connectivity index (χ4v) is 5.53. The molecule has 1 aromatic heterocycles. The zero-order chi connectivity index (χ0) is 21.1. The molecule has 0 unspecified atom stereocenters. The fourth-order valence-electron chi connectivity index (χ4n) is 3.66. The number of carbonyl (C=O) groups excluding carboxylic acids is 1. The SMILES string of the molecule is COc1ccc([C@@H](CNC(=O)c2sc3cccc(Cl)c3c2Cl)N2CCOCC2)cc1. The maximum atomic E-state index is 13.0. The molecule has 3 aromatic rings. The van der Waals surface area contributed by atoms with Crippen LogP contribution in [0.1, 0.15) is 21.3 Å².